The number of aryl methyl sites for hydroxylation is 2. The van der Waals surface area contributed by atoms with Gasteiger partial charge in [-0.1, -0.05) is 24.3 Å². The van der Waals surface area contributed by atoms with Gasteiger partial charge in [-0.2, -0.15) is 4.98 Å². The fraction of sp³-hybridized carbons (Fsp3) is 0.450. The molecule has 0 amide bonds. The van der Waals surface area contributed by atoms with Crippen LogP contribution < -0.4 is 21.9 Å². The number of anilines is 1. The lowest BCUT2D eigenvalue weighted by Crippen LogP contribution is -2.44. The van der Waals surface area contributed by atoms with Crippen molar-refractivity contribution >= 4 is 17.1 Å². The lowest BCUT2D eigenvalue weighted by Gasteiger charge is -2.32. The Kier molecular flexibility index (Phi) is 4.58. The van der Waals surface area contributed by atoms with E-state index in [0.29, 0.717) is 30.2 Å². The molecule has 1 aliphatic rings. The van der Waals surface area contributed by atoms with Crippen LogP contribution in [-0.2, 0) is 20.6 Å². The topological polar surface area (TPSA) is 91.1 Å². The number of piperidine rings is 1. The van der Waals surface area contributed by atoms with Gasteiger partial charge in [0, 0.05) is 33.2 Å². The van der Waals surface area contributed by atoms with E-state index in [2.05, 4.69) is 24.0 Å². The maximum atomic E-state index is 13.0. The quantitative estimate of drug-likeness (QED) is 0.721. The van der Waals surface area contributed by atoms with Crippen molar-refractivity contribution in [2.75, 3.05) is 18.0 Å². The maximum absolute atomic E-state index is 13.0. The first-order valence-electron chi connectivity index (χ1n) is 9.59. The lowest BCUT2D eigenvalue weighted by atomic mass is 10.1. The van der Waals surface area contributed by atoms with Gasteiger partial charge in [0.15, 0.2) is 11.2 Å². The average molecular weight is 382 g/mol. The van der Waals surface area contributed by atoms with Gasteiger partial charge in [0.1, 0.15) is 0 Å². The minimum Gasteiger partial charge on any atom is -0.341 e. The highest BCUT2D eigenvalue weighted by molar-refractivity contribution is 5.75. The third-order valence-electron chi connectivity index (χ3n) is 5.66. The molecule has 4 rings (SSSR count). The lowest BCUT2D eigenvalue weighted by molar-refractivity contribution is 0.495. The highest BCUT2D eigenvalue weighted by Gasteiger charge is 2.26. The molecule has 28 heavy (non-hydrogen) atoms. The fourth-order valence-electron chi connectivity index (χ4n) is 3.98. The zero-order chi connectivity index (χ0) is 20.0. The van der Waals surface area contributed by atoms with Gasteiger partial charge in [0.25, 0.3) is 5.56 Å². The molecule has 2 N–H and O–H groups in total. The van der Waals surface area contributed by atoms with Crippen LogP contribution in [0.3, 0.4) is 0 Å². The molecule has 8 heteroatoms. The van der Waals surface area contributed by atoms with E-state index < -0.39 is 0 Å². The standard InChI is InChI=1S/C20H26N6O2/c1-13-7-4-5-8-14(13)11-26-16-17(23(2)20(28)24(3)18(16)27)22-19(26)25-10-6-9-15(21)12-25/h4-5,7-8,15H,6,9-12,21H2,1-3H3/t15-/m1/s1. The molecule has 1 fully saturated rings. The van der Waals surface area contributed by atoms with Crippen LogP contribution in [0.25, 0.3) is 11.2 Å². The number of hydrogen-bond donors (Lipinski definition) is 1. The van der Waals surface area contributed by atoms with Crippen molar-refractivity contribution < 1.29 is 0 Å². The van der Waals surface area contributed by atoms with Crippen molar-refractivity contribution in [2.45, 2.75) is 32.4 Å². The van der Waals surface area contributed by atoms with E-state index in [-0.39, 0.29) is 17.3 Å². The smallest absolute Gasteiger partial charge is 0.332 e. The van der Waals surface area contributed by atoms with Crippen LogP contribution in [-0.4, -0.2) is 37.8 Å². The molecular formula is C20H26N6O2. The summed E-state index contributed by atoms with van der Waals surface area (Å²) in [5, 5.41) is 0. The van der Waals surface area contributed by atoms with Crippen molar-refractivity contribution in [1.82, 2.24) is 18.7 Å². The van der Waals surface area contributed by atoms with E-state index >= 15 is 0 Å². The number of nitrogens with two attached hydrogens (primary N) is 1. The first kappa shape index (κ1) is 18.5. The van der Waals surface area contributed by atoms with E-state index in [1.54, 1.807) is 7.05 Å². The van der Waals surface area contributed by atoms with Crippen molar-refractivity contribution in [1.29, 1.82) is 0 Å². The van der Waals surface area contributed by atoms with Gasteiger partial charge in [-0.3, -0.25) is 18.5 Å². The molecule has 148 valence electrons. The highest BCUT2D eigenvalue weighted by atomic mass is 16.2. The first-order chi connectivity index (χ1) is 13.4. The third kappa shape index (κ3) is 2.93. The number of fused-ring (bicyclic) bond motifs is 1. The molecule has 3 heterocycles. The second-order valence-corrected chi connectivity index (χ2v) is 7.65. The normalized spacial score (nSPS) is 17.4. The van der Waals surface area contributed by atoms with Gasteiger partial charge in [-0.15, -0.1) is 0 Å². The molecule has 0 unspecified atom stereocenters. The molecule has 0 aliphatic carbocycles. The summed E-state index contributed by atoms with van der Waals surface area (Å²) in [5.74, 6) is 0.701. The molecule has 0 spiro atoms. The van der Waals surface area contributed by atoms with Gasteiger partial charge >= 0.3 is 5.69 Å². The molecule has 1 atom stereocenters. The Labute approximate surface area is 162 Å². The van der Waals surface area contributed by atoms with Crippen LogP contribution in [0.15, 0.2) is 33.9 Å². The first-order valence-corrected chi connectivity index (χ1v) is 9.59. The molecule has 0 bridgehead atoms. The number of benzene rings is 1. The van der Waals surface area contributed by atoms with Crippen LogP contribution in [0, 0.1) is 6.92 Å². The van der Waals surface area contributed by atoms with Crippen LogP contribution >= 0.6 is 0 Å². The van der Waals surface area contributed by atoms with E-state index in [1.807, 2.05) is 16.7 Å². The summed E-state index contributed by atoms with van der Waals surface area (Å²) < 4.78 is 4.53. The molecular weight excluding hydrogens is 356 g/mol. The fourth-order valence-corrected chi connectivity index (χ4v) is 3.98. The summed E-state index contributed by atoms with van der Waals surface area (Å²) in [5.41, 5.74) is 8.61. The molecule has 0 radical (unpaired) electrons. The van der Waals surface area contributed by atoms with Gasteiger partial charge in [-0.25, -0.2) is 4.79 Å². The number of hydrogen-bond acceptors (Lipinski definition) is 5. The Bertz CT molecular complexity index is 1160. The zero-order valence-corrected chi connectivity index (χ0v) is 16.6. The maximum Gasteiger partial charge on any atom is 0.332 e. The molecule has 1 saturated heterocycles. The molecule has 3 aromatic rings. The second-order valence-electron chi connectivity index (χ2n) is 7.65. The van der Waals surface area contributed by atoms with E-state index in [0.717, 1.165) is 35.1 Å². The van der Waals surface area contributed by atoms with Crippen LogP contribution in [0.4, 0.5) is 5.95 Å². The summed E-state index contributed by atoms with van der Waals surface area (Å²) in [6.45, 7) is 4.08. The monoisotopic (exact) mass is 382 g/mol. The summed E-state index contributed by atoms with van der Waals surface area (Å²) in [7, 11) is 3.16. The summed E-state index contributed by atoms with van der Waals surface area (Å²) in [6, 6.07) is 8.18. The van der Waals surface area contributed by atoms with Crippen molar-refractivity contribution in [3.8, 4) is 0 Å². The molecule has 0 saturated carbocycles. The Morgan fingerprint density at radius 1 is 1.18 bits per heavy atom. The van der Waals surface area contributed by atoms with Gasteiger partial charge in [0.05, 0.1) is 6.54 Å². The van der Waals surface area contributed by atoms with Crippen LogP contribution in [0.1, 0.15) is 24.0 Å². The molecule has 1 aliphatic heterocycles. The van der Waals surface area contributed by atoms with Crippen molar-refractivity contribution in [3.63, 3.8) is 0 Å². The zero-order valence-electron chi connectivity index (χ0n) is 16.6. The van der Waals surface area contributed by atoms with Crippen molar-refractivity contribution in [3.05, 3.63) is 56.2 Å². The largest absolute Gasteiger partial charge is 0.341 e. The van der Waals surface area contributed by atoms with Gasteiger partial charge < -0.3 is 10.6 Å². The Morgan fingerprint density at radius 3 is 2.64 bits per heavy atom. The number of nitrogens with zero attached hydrogens (tertiary/aromatic N) is 5. The van der Waals surface area contributed by atoms with E-state index in [1.165, 1.54) is 11.6 Å². The second kappa shape index (κ2) is 6.94. The molecule has 8 nitrogen and oxygen atoms in total. The molecule has 2 aromatic heterocycles. The number of rotatable bonds is 3. The SMILES string of the molecule is Cc1ccccc1Cn1c(N2CCC[C@@H](N)C2)nc2c1c(=O)n(C)c(=O)n2C. The highest BCUT2D eigenvalue weighted by Crippen LogP contribution is 2.24. The van der Waals surface area contributed by atoms with Crippen molar-refractivity contribution in [2.24, 2.45) is 19.8 Å². The Morgan fingerprint density at radius 2 is 1.93 bits per heavy atom. The Hall–Kier alpha value is -2.87. The minimum absolute atomic E-state index is 0.0760. The summed E-state index contributed by atoms with van der Waals surface area (Å²) >= 11 is 0. The average Bonchev–Trinajstić information content (AvgIpc) is 3.06. The number of aromatic nitrogens is 4. The third-order valence-corrected chi connectivity index (χ3v) is 5.66. The summed E-state index contributed by atoms with van der Waals surface area (Å²) in [4.78, 5) is 32.3. The predicted molar refractivity (Wildman–Crippen MR) is 110 cm³/mol. The van der Waals surface area contributed by atoms with Gasteiger partial charge in [-0.05, 0) is 30.9 Å². The minimum atomic E-state index is -0.375. The van der Waals surface area contributed by atoms with Crippen LogP contribution in [0.2, 0.25) is 0 Å². The summed E-state index contributed by atoms with van der Waals surface area (Å²) in [6.07, 6.45) is 1.96. The van der Waals surface area contributed by atoms with Crippen LogP contribution in [0.5, 0.6) is 0 Å². The van der Waals surface area contributed by atoms with E-state index in [9.17, 15) is 9.59 Å². The van der Waals surface area contributed by atoms with E-state index in [4.69, 9.17) is 10.7 Å². The molecule has 1 aromatic carbocycles. The predicted octanol–water partition coefficient (Wildman–Crippen LogP) is 0.718. The Balaban J connectivity index is 1.98. The number of imidazole rings is 1. The van der Waals surface area contributed by atoms with Gasteiger partial charge in [0.2, 0.25) is 5.95 Å².